The molecule has 0 saturated carbocycles. The van der Waals surface area contributed by atoms with Crippen molar-refractivity contribution in [2.24, 2.45) is 0 Å². The van der Waals surface area contributed by atoms with Gasteiger partial charge in [0.15, 0.2) is 0 Å². The van der Waals surface area contributed by atoms with Crippen LogP contribution in [0.1, 0.15) is 22.3 Å². The molecule has 0 heterocycles. The Labute approximate surface area is 238 Å². The monoisotopic (exact) mass is 532 g/mol. The van der Waals surface area contributed by atoms with E-state index in [-0.39, 0.29) is 11.5 Å². The van der Waals surface area contributed by atoms with Crippen molar-refractivity contribution in [2.75, 3.05) is 11.5 Å². The summed E-state index contributed by atoms with van der Waals surface area (Å²) in [7, 11) is 0. The zero-order valence-electron chi connectivity index (χ0n) is 22.3. The van der Waals surface area contributed by atoms with Gasteiger partial charge < -0.3 is 21.7 Å². The molecule has 0 spiro atoms. The van der Waals surface area contributed by atoms with Crippen LogP contribution in [-0.2, 0) is 5.41 Å². The molecule has 6 N–H and O–H groups in total. The number of hydrogen-bond acceptors (Lipinski definition) is 4. The van der Waals surface area contributed by atoms with Crippen LogP contribution >= 0.6 is 0 Å². The molecular formula is C37H28N2O2. The number of nitrogen functional groups attached to an aromatic ring is 2. The van der Waals surface area contributed by atoms with E-state index in [1.54, 1.807) is 12.1 Å². The first-order valence-corrected chi connectivity index (χ1v) is 13.6. The predicted octanol–water partition coefficient (Wildman–Crippen LogP) is 7.96. The predicted molar refractivity (Wildman–Crippen MR) is 167 cm³/mol. The Kier molecular flexibility index (Phi) is 5.58. The number of benzene rings is 6. The van der Waals surface area contributed by atoms with Gasteiger partial charge in [-0.15, -0.1) is 0 Å². The summed E-state index contributed by atoms with van der Waals surface area (Å²) < 4.78 is 0. The Bertz CT molecular complexity index is 1820. The summed E-state index contributed by atoms with van der Waals surface area (Å²) in [5.74, 6) is 0.0954. The van der Waals surface area contributed by atoms with E-state index in [1.807, 2.05) is 36.4 Å². The van der Waals surface area contributed by atoms with E-state index in [0.29, 0.717) is 11.4 Å². The van der Waals surface area contributed by atoms with Gasteiger partial charge in [-0.25, -0.2) is 0 Å². The van der Waals surface area contributed by atoms with Gasteiger partial charge >= 0.3 is 0 Å². The lowest BCUT2D eigenvalue weighted by atomic mass is 9.64. The summed E-state index contributed by atoms with van der Waals surface area (Å²) in [4.78, 5) is 0. The van der Waals surface area contributed by atoms with E-state index < -0.39 is 5.41 Å². The summed E-state index contributed by atoms with van der Waals surface area (Å²) >= 11 is 0. The number of para-hydroxylation sites is 2. The van der Waals surface area contributed by atoms with Crippen LogP contribution in [0.5, 0.6) is 11.5 Å². The maximum Gasteiger partial charge on any atom is 0.139 e. The fourth-order valence-electron chi connectivity index (χ4n) is 6.63. The minimum Gasteiger partial charge on any atom is -0.506 e. The molecule has 0 fully saturated rings. The summed E-state index contributed by atoms with van der Waals surface area (Å²) in [6.07, 6.45) is 0. The maximum atomic E-state index is 10.6. The van der Waals surface area contributed by atoms with E-state index in [1.165, 1.54) is 0 Å². The summed E-state index contributed by atoms with van der Waals surface area (Å²) in [6, 6.07) is 44.3. The van der Waals surface area contributed by atoms with Crippen LogP contribution < -0.4 is 11.5 Å². The second kappa shape index (κ2) is 9.32. The molecule has 1 aliphatic rings. The minimum atomic E-state index is -0.768. The first-order valence-electron chi connectivity index (χ1n) is 13.6. The Morgan fingerprint density at radius 3 is 0.951 bits per heavy atom. The number of nitrogens with two attached hydrogens (primary N) is 2. The Balaban J connectivity index is 1.68. The van der Waals surface area contributed by atoms with Gasteiger partial charge in [0.1, 0.15) is 11.5 Å². The highest BCUT2D eigenvalue weighted by molar-refractivity contribution is 5.94. The van der Waals surface area contributed by atoms with Gasteiger partial charge in [0.05, 0.1) is 16.8 Å². The normalized spacial score (nSPS) is 13.0. The highest BCUT2D eigenvalue weighted by Gasteiger charge is 2.48. The number of anilines is 2. The summed E-state index contributed by atoms with van der Waals surface area (Å²) in [6.45, 7) is 0. The number of hydrogen-bond donors (Lipinski definition) is 4. The van der Waals surface area contributed by atoms with Gasteiger partial charge in [-0.3, -0.25) is 0 Å². The topological polar surface area (TPSA) is 92.5 Å². The van der Waals surface area contributed by atoms with Crippen LogP contribution in [0.15, 0.2) is 133 Å². The molecule has 198 valence electrons. The van der Waals surface area contributed by atoms with Crippen molar-refractivity contribution in [3.8, 4) is 44.9 Å². The number of fused-ring (bicyclic) bond motifs is 3. The van der Waals surface area contributed by atoms with E-state index in [2.05, 4.69) is 84.9 Å². The molecule has 6 aromatic rings. The highest BCUT2D eigenvalue weighted by atomic mass is 16.3. The molecule has 7 rings (SSSR count). The van der Waals surface area contributed by atoms with Crippen molar-refractivity contribution in [1.82, 2.24) is 0 Å². The van der Waals surface area contributed by atoms with Gasteiger partial charge in [0.25, 0.3) is 0 Å². The number of aromatic hydroxyl groups is 2. The smallest absolute Gasteiger partial charge is 0.139 e. The minimum absolute atomic E-state index is 0.0477. The Morgan fingerprint density at radius 2 is 0.610 bits per heavy atom. The lowest BCUT2D eigenvalue weighted by molar-refractivity contribution is 0.477. The molecule has 4 heteroatoms. The Hall–Kier alpha value is -5.48. The summed E-state index contributed by atoms with van der Waals surface area (Å²) in [5.41, 5.74) is 22.9. The summed E-state index contributed by atoms with van der Waals surface area (Å²) in [5, 5.41) is 21.2. The second-order valence-electron chi connectivity index (χ2n) is 10.4. The van der Waals surface area contributed by atoms with Gasteiger partial charge in [0, 0.05) is 11.1 Å². The molecule has 0 bridgehead atoms. The van der Waals surface area contributed by atoms with Crippen LogP contribution in [0.25, 0.3) is 33.4 Å². The fourth-order valence-corrected chi connectivity index (χ4v) is 6.63. The van der Waals surface area contributed by atoms with Crippen LogP contribution in [-0.4, -0.2) is 10.2 Å². The van der Waals surface area contributed by atoms with Gasteiger partial charge in [-0.2, -0.15) is 0 Å². The average molecular weight is 533 g/mol. The molecule has 0 saturated heterocycles. The van der Waals surface area contributed by atoms with E-state index >= 15 is 0 Å². The van der Waals surface area contributed by atoms with Crippen LogP contribution in [0.2, 0.25) is 0 Å². The maximum absolute atomic E-state index is 10.6. The van der Waals surface area contributed by atoms with Crippen molar-refractivity contribution in [2.45, 2.75) is 5.41 Å². The SMILES string of the molecule is Nc1c(O)cccc1-c1ccccc1C1(c2ccccc2-c2cccc(O)c2N)c2ccccc2-c2ccccc21. The number of rotatable bonds is 4. The molecule has 0 radical (unpaired) electrons. The Morgan fingerprint density at radius 1 is 0.341 bits per heavy atom. The van der Waals surface area contributed by atoms with Crippen LogP contribution in [0.4, 0.5) is 11.4 Å². The first kappa shape index (κ1) is 24.6. The largest absolute Gasteiger partial charge is 0.506 e. The molecule has 0 aromatic heterocycles. The lowest BCUT2D eigenvalue weighted by Crippen LogP contribution is -2.30. The van der Waals surface area contributed by atoms with Crippen LogP contribution in [0.3, 0.4) is 0 Å². The average Bonchev–Trinajstić information content (AvgIpc) is 3.31. The molecule has 0 unspecified atom stereocenters. The third kappa shape index (κ3) is 3.47. The van der Waals surface area contributed by atoms with E-state index in [4.69, 9.17) is 11.5 Å². The van der Waals surface area contributed by atoms with Crippen molar-refractivity contribution < 1.29 is 10.2 Å². The van der Waals surface area contributed by atoms with Gasteiger partial charge in [-0.1, -0.05) is 121 Å². The standard InChI is InChI=1S/C37H28N2O2/c38-35-27(15-9-21-33(35)40)25-13-3-7-19-31(25)37(29-17-5-1-11-23(29)24-12-2-6-18-30(24)37)32-20-8-4-14-26(32)28-16-10-22-34(41)36(28)39/h1-22,40-41H,38-39H2. The third-order valence-corrected chi connectivity index (χ3v) is 8.36. The van der Waals surface area contributed by atoms with Crippen LogP contribution in [0, 0.1) is 0 Å². The molecular weight excluding hydrogens is 504 g/mol. The quantitative estimate of drug-likeness (QED) is 0.137. The lowest BCUT2D eigenvalue weighted by Gasteiger charge is -2.37. The highest BCUT2D eigenvalue weighted by Crippen LogP contribution is 2.59. The molecule has 0 amide bonds. The van der Waals surface area contributed by atoms with E-state index in [9.17, 15) is 10.2 Å². The van der Waals surface area contributed by atoms with Crippen molar-refractivity contribution in [1.29, 1.82) is 0 Å². The number of phenolic OH excluding ortho intramolecular Hbond substituents is 2. The molecule has 6 aromatic carbocycles. The molecule has 4 nitrogen and oxygen atoms in total. The molecule has 41 heavy (non-hydrogen) atoms. The first-order chi connectivity index (χ1) is 20.0. The second-order valence-corrected chi connectivity index (χ2v) is 10.4. The molecule has 1 aliphatic carbocycles. The number of phenols is 2. The van der Waals surface area contributed by atoms with Crippen molar-refractivity contribution in [3.05, 3.63) is 156 Å². The van der Waals surface area contributed by atoms with Gasteiger partial charge in [-0.05, 0) is 56.6 Å². The molecule has 0 aliphatic heterocycles. The zero-order chi connectivity index (χ0) is 28.1. The molecule has 0 atom stereocenters. The van der Waals surface area contributed by atoms with Crippen molar-refractivity contribution in [3.63, 3.8) is 0 Å². The van der Waals surface area contributed by atoms with E-state index in [0.717, 1.165) is 55.6 Å². The third-order valence-electron chi connectivity index (χ3n) is 8.36. The van der Waals surface area contributed by atoms with Crippen molar-refractivity contribution >= 4 is 11.4 Å². The van der Waals surface area contributed by atoms with Gasteiger partial charge in [0.2, 0.25) is 0 Å². The zero-order valence-corrected chi connectivity index (χ0v) is 22.3. The fraction of sp³-hybridized carbons (Fsp3) is 0.0270.